The van der Waals surface area contributed by atoms with Gasteiger partial charge in [-0.25, -0.2) is 5.43 Å². The van der Waals surface area contributed by atoms with Crippen LogP contribution in [0.5, 0.6) is 11.5 Å². The van der Waals surface area contributed by atoms with Crippen molar-refractivity contribution in [1.29, 1.82) is 0 Å². The maximum absolute atomic E-state index is 12.1. The molecule has 0 fully saturated rings. The summed E-state index contributed by atoms with van der Waals surface area (Å²) in [5.74, 6) is 1.65. The first kappa shape index (κ1) is 20.6. The van der Waals surface area contributed by atoms with Gasteiger partial charge in [0, 0.05) is 17.7 Å². The highest BCUT2D eigenvalue weighted by molar-refractivity contribution is 5.82. The highest BCUT2D eigenvalue weighted by Gasteiger charge is 2.10. The molecule has 0 atom stereocenters. The van der Waals surface area contributed by atoms with Crippen LogP contribution in [0.1, 0.15) is 11.3 Å². The Morgan fingerprint density at radius 2 is 1.93 bits per heavy atom. The first-order chi connectivity index (χ1) is 14.5. The van der Waals surface area contributed by atoms with Crippen LogP contribution in [0.2, 0.25) is 0 Å². The molecule has 0 spiro atoms. The van der Waals surface area contributed by atoms with E-state index in [-0.39, 0.29) is 18.0 Å². The average Bonchev–Trinajstić information content (AvgIpc) is 3.22. The molecule has 1 aromatic heterocycles. The number of benzene rings is 2. The Labute approximate surface area is 172 Å². The van der Waals surface area contributed by atoms with Crippen LogP contribution in [0.3, 0.4) is 0 Å². The molecule has 1 heterocycles. The Bertz CT molecular complexity index is 1090. The van der Waals surface area contributed by atoms with E-state index in [0.717, 1.165) is 5.56 Å². The van der Waals surface area contributed by atoms with Crippen molar-refractivity contribution in [3.05, 3.63) is 76.0 Å². The van der Waals surface area contributed by atoms with Gasteiger partial charge in [-0.3, -0.25) is 14.9 Å². The number of carbonyl (C=O) groups is 1. The van der Waals surface area contributed by atoms with Crippen molar-refractivity contribution < 1.29 is 23.6 Å². The minimum Gasteiger partial charge on any atom is -0.493 e. The molecule has 0 aliphatic heterocycles. The number of nitro groups is 1. The molecule has 9 nitrogen and oxygen atoms in total. The van der Waals surface area contributed by atoms with Gasteiger partial charge in [0.05, 0.1) is 31.8 Å². The summed E-state index contributed by atoms with van der Waals surface area (Å²) in [6.45, 7) is 0. The van der Waals surface area contributed by atoms with E-state index in [1.165, 1.54) is 32.6 Å². The fourth-order valence-corrected chi connectivity index (χ4v) is 2.73. The van der Waals surface area contributed by atoms with Gasteiger partial charge in [0.2, 0.25) is 5.91 Å². The monoisotopic (exact) mass is 409 g/mol. The van der Waals surface area contributed by atoms with Crippen LogP contribution < -0.4 is 14.9 Å². The van der Waals surface area contributed by atoms with Gasteiger partial charge in [0.25, 0.3) is 5.69 Å². The molecule has 0 aliphatic rings. The minimum absolute atomic E-state index is 0.0263. The topological polar surface area (TPSA) is 116 Å². The normalized spacial score (nSPS) is 10.7. The summed E-state index contributed by atoms with van der Waals surface area (Å²) in [5.41, 5.74) is 3.71. The van der Waals surface area contributed by atoms with Crippen LogP contribution in [0.15, 0.2) is 64.1 Å². The lowest BCUT2D eigenvalue weighted by Crippen LogP contribution is -2.19. The Kier molecular flexibility index (Phi) is 6.43. The fraction of sp³-hybridized carbons (Fsp3) is 0.143. The minimum atomic E-state index is -0.469. The first-order valence-electron chi connectivity index (χ1n) is 8.87. The van der Waals surface area contributed by atoms with Crippen LogP contribution in [-0.2, 0) is 11.2 Å². The predicted molar refractivity (Wildman–Crippen MR) is 110 cm³/mol. The third-order valence-electron chi connectivity index (χ3n) is 4.16. The summed E-state index contributed by atoms with van der Waals surface area (Å²) < 4.78 is 16.0. The molecular formula is C21H19N3O6. The molecule has 0 unspecified atom stereocenters. The summed E-state index contributed by atoms with van der Waals surface area (Å²) >= 11 is 0. The lowest BCUT2D eigenvalue weighted by atomic mass is 10.1. The zero-order chi connectivity index (χ0) is 21.5. The average molecular weight is 409 g/mol. The molecule has 3 aromatic rings. The molecule has 0 bridgehead atoms. The molecular weight excluding hydrogens is 390 g/mol. The number of hydrazone groups is 1. The summed E-state index contributed by atoms with van der Waals surface area (Å²) in [6, 6.07) is 14.7. The van der Waals surface area contributed by atoms with Gasteiger partial charge in [-0.05, 0) is 29.8 Å². The van der Waals surface area contributed by atoms with Crippen molar-refractivity contribution in [2.75, 3.05) is 14.2 Å². The SMILES string of the molecule is COc1ccc(CC(=O)NN=Cc2ccc(-c3cccc([N+](=O)[O-])c3)o2)cc1OC. The van der Waals surface area contributed by atoms with E-state index >= 15 is 0 Å². The van der Waals surface area contributed by atoms with Gasteiger partial charge in [0.1, 0.15) is 11.5 Å². The van der Waals surface area contributed by atoms with E-state index in [4.69, 9.17) is 13.9 Å². The van der Waals surface area contributed by atoms with Crippen LogP contribution in [0.4, 0.5) is 5.69 Å². The molecule has 1 amide bonds. The maximum Gasteiger partial charge on any atom is 0.270 e. The molecule has 2 aromatic carbocycles. The highest BCUT2D eigenvalue weighted by atomic mass is 16.6. The number of nitrogens with one attached hydrogen (secondary N) is 1. The maximum atomic E-state index is 12.1. The van der Waals surface area contributed by atoms with Gasteiger partial charge in [-0.1, -0.05) is 18.2 Å². The Balaban J connectivity index is 1.60. The number of ether oxygens (including phenoxy) is 2. The van der Waals surface area contributed by atoms with Crippen LogP contribution in [-0.4, -0.2) is 31.3 Å². The molecule has 154 valence electrons. The second kappa shape index (κ2) is 9.37. The zero-order valence-corrected chi connectivity index (χ0v) is 16.3. The van der Waals surface area contributed by atoms with E-state index in [0.29, 0.717) is 28.6 Å². The number of nitro benzene ring substituents is 1. The van der Waals surface area contributed by atoms with Gasteiger partial charge in [-0.2, -0.15) is 5.10 Å². The number of non-ortho nitro benzene ring substituents is 1. The molecule has 9 heteroatoms. The van der Waals surface area contributed by atoms with Crippen molar-refractivity contribution in [2.45, 2.75) is 6.42 Å². The lowest BCUT2D eigenvalue weighted by Gasteiger charge is -2.09. The number of furan rings is 1. The smallest absolute Gasteiger partial charge is 0.270 e. The second-order valence-electron chi connectivity index (χ2n) is 6.17. The molecule has 3 rings (SSSR count). The number of methoxy groups -OCH3 is 2. The van der Waals surface area contributed by atoms with E-state index in [2.05, 4.69) is 10.5 Å². The molecule has 0 saturated carbocycles. The molecule has 0 saturated heterocycles. The van der Waals surface area contributed by atoms with Crippen molar-refractivity contribution >= 4 is 17.8 Å². The number of rotatable bonds is 8. The van der Waals surface area contributed by atoms with Gasteiger partial charge in [0.15, 0.2) is 11.5 Å². The first-order valence-corrected chi connectivity index (χ1v) is 8.87. The van der Waals surface area contributed by atoms with Crippen LogP contribution >= 0.6 is 0 Å². The van der Waals surface area contributed by atoms with Gasteiger partial charge in [-0.15, -0.1) is 0 Å². The Hall–Kier alpha value is -4.14. The van der Waals surface area contributed by atoms with Gasteiger partial charge < -0.3 is 13.9 Å². The van der Waals surface area contributed by atoms with Crippen molar-refractivity contribution in [2.24, 2.45) is 5.10 Å². The standard InChI is InChI=1S/C21H19N3O6/c1-28-19-8-6-14(10-20(19)29-2)11-21(25)23-22-13-17-7-9-18(30-17)15-4-3-5-16(12-15)24(26)27/h3-10,12-13H,11H2,1-2H3,(H,23,25). The molecule has 0 radical (unpaired) electrons. The number of hydrogen-bond acceptors (Lipinski definition) is 7. The highest BCUT2D eigenvalue weighted by Crippen LogP contribution is 2.28. The zero-order valence-electron chi connectivity index (χ0n) is 16.3. The summed E-state index contributed by atoms with van der Waals surface area (Å²) in [5, 5.41) is 14.8. The number of nitrogens with zero attached hydrogens (tertiary/aromatic N) is 2. The van der Waals surface area contributed by atoms with E-state index in [1.807, 2.05) is 0 Å². The molecule has 0 aliphatic carbocycles. The third kappa shape index (κ3) is 5.02. The number of carbonyl (C=O) groups excluding carboxylic acids is 1. The summed E-state index contributed by atoms with van der Waals surface area (Å²) in [7, 11) is 3.06. The third-order valence-corrected chi connectivity index (χ3v) is 4.16. The van der Waals surface area contributed by atoms with Crippen molar-refractivity contribution in [3.63, 3.8) is 0 Å². The van der Waals surface area contributed by atoms with Crippen LogP contribution in [0.25, 0.3) is 11.3 Å². The van der Waals surface area contributed by atoms with Crippen molar-refractivity contribution in [3.8, 4) is 22.8 Å². The molecule has 1 N–H and O–H groups in total. The van der Waals surface area contributed by atoms with Crippen LogP contribution in [0, 0.1) is 10.1 Å². The quantitative estimate of drug-likeness (QED) is 0.345. The van der Waals surface area contributed by atoms with E-state index in [9.17, 15) is 14.9 Å². The predicted octanol–water partition coefficient (Wildman–Crippen LogP) is 3.56. The van der Waals surface area contributed by atoms with Gasteiger partial charge >= 0.3 is 0 Å². The van der Waals surface area contributed by atoms with E-state index < -0.39 is 4.92 Å². The summed E-state index contributed by atoms with van der Waals surface area (Å²) in [6.07, 6.45) is 1.46. The Morgan fingerprint density at radius 3 is 2.67 bits per heavy atom. The fourth-order valence-electron chi connectivity index (χ4n) is 2.73. The Morgan fingerprint density at radius 1 is 1.13 bits per heavy atom. The van der Waals surface area contributed by atoms with E-state index in [1.54, 1.807) is 42.5 Å². The number of hydrogen-bond donors (Lipinski definition) is 1. The van der Waals surface area contributed by atoms with Crippen molar-refractivity contribution in [1.82, 2.24) is 5.43 Å². The molecule has 30 heavy (non-hydrogen) atoms. The summed E-state index contributed by atoms with van der Waals surface area (Å²) in [4.78, 5) is 22.5. The largest absolute Gasteiger partial charge is 0.493 e. The number of amides is 1. The lowest BCUT2D eigenvalue weighted by molar-refractivity contribution is -0.384. The second-order valence-corrected chi connectivity index (χ2v) is 6.17.